The highest BCUT2D eigenvalue weighted by Gasteiger charge is 2.06. The van der Waals surface area contributed by atoms with E-state index in [0.29, 0.717) is 37.8 Å². The molecule has 0 aliphatic carbocycles. The Kier molecular flexibility index (Phi) is 7.93. The van der Waals surface area contributed by atoms with Crippen LogP contribution in [0.5, 0.6) is 17.2 Å². The normalized spacial score (nSPS) is 11.8. The smallest absolute Gasteiger partial charge is 0.161 e. The number of aliphatic hydroxyl groups excluding tert-OH is 1. The molecule has 0 amide bonds. The highest BCUT2D eigenvalue weighted by Crippen LogP contribution is 2.25. The average Bonchev–Trinajstić information content (AvgIpc) is 2.62. The summed E-state index contributed by atoms with van der Waals surface area (Å²) in [6.07, 6.45) is -0.577. The zero-order valence-electron chi connectivity index (χ0n) is 13.7. The van der Waals surface area contributed by atoms with Crippen LogP contribution in [0, 0.1) is 6.92 Å². The second-order valence-electron chi connectivity index (χ2n) is 5.13. The molecule has 0 aliphatic rings. The Morgan fingerprint density at radius 1 is 0.917 bits per heavy atom. The minimum atomic E-state index is -0.577. The van der Waals surface area contributed by atoms with Gasteiger partial charge < -0.3 is 24.6 Å². The molecule has 0 saturated carbocycles. The molecule has 0 aromatic heterocycles. The molecular weight excluding hydrogens is 306 g/mol. The summed E-state index contributed by atoms with van der Waals surface area (Å²) in [6, 6.07) is 16.9. The van der Waals surface area contributed by atoms with E-state index in [0.717, 1.165) is 5.75 Å². The number of rotatable bonds is 11. The van der Waals surface area contributed by atoms with Gasteiger partial charge in [0.1, 0.15) is 25.1 Å². The molecule has 0 aliphatic heterocycles. The van der Waals surface area contributed by atoms with Gasteiger partial charge in [-0.05, 0) is 31.2 Å². The molecule has 1 radical (unpaired) electrons. The molecule has 2 rings (SSSR count). The van der Waals surface area contributed by atoms with Crippen molar-refractivity contribution in [1.82, 2.24) is 5.32 Å². The van der Waals surface area contributed by atoms with Gasteiger partial charge in [0, 0.05) is 13.1 Å². The van der Waals surface area contributed by atoms with Crippen LogP contribution < -0.4 is 19.5 Å². The first-order valence-electron chi connectivity index (χ1n) is 8.00. The van der Waals surface area contributed by atoms with Crippen LogP contribution >= 0.6 is 0 Å². The van der Waals surface area contributed by atoms with Gasteiger partial charge in [0.25, 0.3) is 0 Å². The molecule has 0 bridgehead atoms. The fourth-order valence-electron chi connectivity index (χ4n) is 2.07. The quantitative estimate of drug-likeness (QED) is 0.619. The lowest BCUT2D eigenvalue weighted by molar-refractivity contribution is 0.105. The predicted molar refractivity (Wildman–Crippen MR) is 93.6 cm³/mol. The molecule has 5 nitrogen and oxygen atoms in total. The Hall–Kier alpha value is -2.24. The minimum Gasteiger partial charge on any atom is -0.491 e. The molecule has 24 heavy (non-hydrogen) atoms. The van der Waals surface area contributed by atoms with Gasteiger partial charge in [0.15, 0.2) is 11.5 Å². The van der Waals surface area contributed by atoms with Crippen LogP contribution in [0.1, 0.15) is 0 Å². The lowest BCUT2D eigenvalue weighted by atomic mass is 10.3. The molecule has 0 saturated heterocycles. The van der Waals surface area contributed by atoms with Gasteiger partial charge in [-0.3, -0.25) is 0 Å². The van der Waals surface area contributed by atoms with Gasteiger partial charge in [0.2, 0.25) is 0 Å². The van der Waals surface area contributed by atoms with Crippen LogP contribution in [-0.4, -0.2) is 44.1 Å². The number of para-hydroxylation sites is 3. The van der Waals surface area contributed by atoms with Crippen molar-refractivity contribution in [3.63, 3.8) is 0 Å². The number of hydrogen-bond donors (Lipinski definition) is 2. The van der Waals surface area contributed by atoms with Crippen LogP contribution in [0.3, 0.4) is 0 Å². The number of benzene rings is 2. The summed E-state index contributed by atoms with van der Waals surface area (Å²) in [6.45, 7) is 5.79. The minimum absolute atomic E-state index is 0.248. The van der Waals surface area contributed by atoms with Crippen LogP contribution in [0.25, 0.3) is 0 Å². The van der Waals surface area contributed by atoms with E-state index in [4.69, 9.17) is 14.2 Å². The topological polar surface area (TPSA) is 60.0 Å². The van der Waals surface area contributed by atoms with Crippen molar-refractivity contribution in [2.24, 2.45) is 0 Å². The summed E-state index contributed by atoms with van der Waals surface area (Å²) in [4.78, 5) is 0. The van der Waals surface area contributed by atoms with Crippen molar-refractivity contribution in [2.45, 2.75) is 6.10 Å². The summed E-state index contributed by atoms with van der Waals surface area (Å²) in [7, 11) is 0. The molecule has 2 aromatic carbocycles. The first-order valence-corrected chi connectivity index (χ1v) is 8.00. The Bertz CT molecular complexity index is 577. The van der Waals surface area contributed by atoms with Gasteiger partial charge in [-0.15, -0.1) is 0 Å². The zero-order valence-corrected chi connectivity index (χ0v) is 13.7. The third-order valence-electron chi connectivity index (χ3n) is 3.21. The Morgan fingerprint density at radius 2 is 1.58 bits per heavy atom. The van der Waals surface area contributed by atoms with Gasteiger partial charge in [-0.25, -0.2) is 0 Å². The SMILES string of the molecule is [CH2]COc1ccccc1OCCNCC(O)COc1ccccc1. The fourth-order valence-corrected chi connectivity index (χ4v) is 2.07. The van der Waals surface area contributed by atoms with Gasteiger partial charge in [-0.2, -0.15) is 0 Å². The molecule has 1 unspecified atom stereocenters. The van der Waals surface area contributed by atoms with Crippen molar-refractivity contribution in [3.8, 4) is 17.2 Å². The van der Waals surface area contributed by atoms with Gasteiger partial charge in [0.05, 0.1) is 6.61 Å². The Morgan fingerprint density at radius 3 is 2.29 bits per heavy atom. The molecule has 1 atom stereocenters. The van der Waals surface area contributed by atoms with E-state index >= 15 is 0 Å². The standard InChI is InChI=1S/C19H24NO4/c1-2-22-18-10-6-7-11-19(18)23-13-12-20-14-16(21)15-24-17-8-4-3-5-9-17/h3-11,16,20-21H,1-2,12-15H2. The van der Waals surface area contributed by atoms with Crippen molar-refractivity contribution in [1.29, 1.82) is 0 Å². The fraction of sp³-hybridized carbons (Fsp3) is 0.316. The Labute approximate surface area is 143 Å². The number of aliphatic hydroxyl groups is 1. The highest BCUT2D eigenvalue weighted by molar-refractivity contribution is 5.39. The van der Waals surface area contributed by atoms with E-state index in [2.05, 4.69) is 12.2 Å². The monoisotopic (exact) mass is 330 g/mol. The molecule has 2 aromatic rings. The van der Waals surface area contributed by atoms with E-state index < -0.39 is 6.10 Å². The third kappa shape index (κ3) is 6.48. The van der Waals surface area contributed by atoms with Gasteiger partial charge >= 0.3 is 0 Å². The summed E-state index contributed by atoms with van der Waals surface area (Å²) in [5, 5.41) is 13.0. The van der Waals surface area contributed by atoms with Crippen molar-refractivity contribution < 1.29 is 19.3 Å². The molecule has 0 heterocycles. The average molecular weight is 330 g/mol. The molecule has 5 heteroatoms. The molecular formula is C19H24NO4. The molecule has 129 valence electrons. The summed E-state index contributed by atoms with van der Waals surface area (Å²) in [5.74, 6) is 2.13. The first-order chi connectivity index (χ1) is 11.8. The van der Waals surface area contributed by atoms with Gasteiger partial charge in [-0.1, -0.05) is 30.3 Å². The van der Waals surface area contributed by atoms with E-state index in [1.54, 1.807) is 0 Å². The number of hydrogen-bond acceptors (Lipinski definition) is 5. The third-order valence-corrected chi connectivity index (χ3v) is 3.21. The maximum absolute atomic E-state index is 9.89. The lowest BCUT2D eigenvalue weighted by Gasteiger charge is -2.14. The second kappa shape index (κ2) is 10.5. The second-order valence-corrected chi connectivity index (χ2v) is 5.13. The zero-order chi connectivity index (χ0) is 17.0. The van der Waals surface area contributed by atoms with Crippen LogP contribution in [0.2, 0.25) is 0 Å². The summed E-state index contributed by atoms with van der Waals surface area (Å²) in [5.41, 5.74) is 0. The predicted octanol–water partition coefficient (Wildman–Crippen LogP) is 2.31. The number of nitrogens with one attached hydrogen (secondary N) is 1. The molecule has 0 fully saturated rings. The van der Waals surface area contributed by atoms with E-state index in [-0.39, 0.29) is 6.61 Å². The van der Waals surface area contributed by atoms with Crippen LogP contribution in [-0.2, 0) is 0 Å². The summed E-state index contributed by atoms with van der Waals surface area (Å²) >= 11 is 0. The van der Waals surface area contributed by atoms with Crippen LogP contribution in [0.4, 0.5) is 0 Å². The number of ether oxygens (including phenoxy) is 3. The van der Waals surface area contributed by atoms with Crippen molar-refractivity contribution >= 4 is 0 Å². The Balaban J connectivity index is 1.59. The molecule has 2 N–H and O–H groups in total. The summed E-state index contributed by atoms with van der Waals surface area (Å²) < 4.78 is 16.6. The van der Waals surface area contributed by atoms with Crippen molar-refractivity contribution in [3.05, 3.63) is 61.5 Å². The maximum atomic E-state index is 9.89. The largest absolute Gasteiger partial charge is 0.491 e. The maximum Gasteiger partial charge on any atom is 0.161 e. The van der Waals surface area contributed by atoms with E-state index in [1.165, 1.54) is 0 Å². The van der Waals surface area contributed by atoms with E-state index in [1.807, 2.05) is 54.6 Å². The highest BCUT2D eigenvalue weighted by atomic mass is 16.5. The van der Waals surface area contributed by atoms with E-state index in [9.17, 15) is 5.11 Å². The molecule has 0 spiro atoms. The lowest BCUT2D eigenvalue weighted by Crippen LogP contribution is -2.33. The van der Waals surface area contributed by atoms with Crippen LogP contribution in [0.15, 0.2) is 54.6 Å². The van der Waals surface area contributed by atoms with Crippen molar-refractivity contribution in [2.75, 3.05) is 32.9 Å². The first kappa shape index (κ1) is 18.1.